The second kappa shape index (κ2) is 10.9. The van der Waals surface area contributed by atoms with Crippen molar-refractivity contribution >= 4 is 49.0 Å². The van der Waals surface area contributed by atoms with Crippen LogP contribution in [0.3, 0.4) is 0 Å². The quantitative estimate of drug-likeness (QED) is 0.365. The number of hydrogen-bond acceptors (Lipinski definition) is 10. The van der Waals surface area contributed by atoms with Crippen molar-refractivity contribution in [2.75, 3.05) is 31.8 Å². The van der Waals surface area contributed by atoms with Gasteiger partial charge in [-0.05, 0) is 40.9 Å². The number of sulfonamides is 2. The fourth-order valence-electron chi connectivity index (χ4n) is 2.84. The summed E-state index contributed by atoms with van der Waals surface area (Å²) in [6.07, 6.45) is -4.19. The number of halogens is 3. The second-order valence-electron chi connectivity index (χ2n) is 7.67. The maximum atomic E-state index is 12.6. The molecule has 0 aliphatic rings. The molecule has 1 aromatic heterocycles. The number of aromatic nitrogens is 2. The summed E-state index contributed by atoms with van der Waals surface area (Å²) in [5, 5.41) is 5.78. The Balaban J connectivity index is 1.79. The van der Waals surface area contributed by atoms with E-state index in [-0.39, 0.29) is 26.7 Å². The van der Waals surface area contributed by atoms with Gasteiger partial charge < -0.3 is 15.5 Å². The summed E-state index contributed by atoms with van der Waals surface area (Å²) < 4.78 is 88.1. The van der Waals surface area contributed by atoms with Gasteiger partial charge in [0.15, 0.2) is 0 Å². The van der Waals surface area contributed by atoms with Gasteiger partial charge in [0.1, 0.15) is 18.0 Å². The zero-order chi connectivity index (χ0) is 28.3. The topological polar surface area (TPSA) is 151 Å². The van der Waals surface area contributed by atoms with Crippen molar-refractivity contribution in [3.8, 4) is 0 Å². The SMILES string of the molecule is CN(C)S(=O)(=O)c1cccc(Nc2cc(Nc3cccc(S(=O)(=O)N(C)OC(=O)C(F)(F)F)c3)ncn2)c1. The van der Waals surface area contributed by atoms with Crippen molar-refractivity contribution in [3.63, 3.8) is 0 Å². The van der Waals surface area contributed by atoms with Crippen molar-refractivity contribution in [3.05, 3.63) is 60.9 Å². The molecule has 1 heterocycles. The van der Waals surface area contributed by atoms with Crippen LogP contribution in [0.2, 0.25) is 0 Å². The van der Waals surface area contributed by atoms with Crippen molar-refractivity contribution in [2.24, 2.45) is 0 Å². The minimum Gasteiger partial charge on any atom is -0.345 e. The van der Waals surface area contributed by atoms with E-state index >= 15 is 0 Å². The lowest BCUT2D eigenvalue weighted by Crippen LogP contribution is -2.36. The predicted molar refractivity (Wildman–Crippen MR) is 129 cm³/mol. The average molecular weight is 575 g/mol. The van der Waals surface area contributed by atoms with Gasteiger partial charge in [-0.2, -0.15) is 13.2 Å². The highest BCUT2D eigenvalue weighted by molar-refractivity contribution is 7.89. The monoisotopic (exact) mass is 574 g/mol. The van der Waals surface area contributed by atoms with Gasteiger partial charge in [-0.25, -0.2) is 35.9 Å². The Kier molecular flexibility index (Phi) is 8.25. The van der Waals surface area contributed by atoms with Crippen molar-refractivity contribution < 1.29 is 39.6 Å². The Morgan fingerprint density at radius 1 is 0.816 bits per heavy atom. The van der Waals surface area contributed by atoms with Gasteiger partial charge in [-0.15, -0.1) is 0 Å². The Bertz CT molecular complexity index is 1550. The van der Waals surface area contributed by atoms with Crippen molar-refractivity contribution in [1.82, 2.24) is 18.7 Å². The van der Waals surface area contributed by atoms with Crippen LogP contribution in [0.25, 0.3) is 0 Å². The molecule has 0 saturated heterocycles. The fraction of sp³-hybridized carbons (Fsp3) is 0.190. The van der Waals surface area contributed by atoms with E-state index < -0.39 is 37.1 Å². The zero-order valence-electron chi connectivity index (χ0n) is 20.0. The summed E-state index contributed by atoms with van der Waals surface area (Å²) in [5.74, 6) is -2.22. The number of alkyl halides is 3. The maximum Gasteiger partial charge on any atom is 0.492 e. The molecule has 0 bridgehead atoms. The van der Waals surface area contributed by atoms with Crippen LogP contribution in [0.1, 0.15) is 0 Å². The fourth-order valence-corrected chi connectivity index (χ4v) is 4.77. The average Bonchev–Trinajstić information content (AvgIpc) is 2.84. The highest BCUT2D eigenvalue weighted by atomic mass is 32.2. The molecule has 0 atom stereocenters. The molecule has 0 aliphatic carbocycles. The van der Waals surface area contributed by atoms with Crippen LogP contribution >= 0.6 is 0 Å². The van der Waals surface area contributed by atoms with Crippen LogP contribution in [0, 0.1) is 0 Å². The lowest BCUT2D eigenvalue weighted by molar-refractivity contribution is -0.219. The third kappa shape index (κ3) is 6.74. The molecule has 3 rings (SSSR count). The first-order chi connectivity index (χ1) is 17.6. The van der Waals surface area contributed by atoms with Crippen LogP contribution < -0.4 is 10.6 Å². The molecule has 0 spiro atoms. The largest absolute Gasteiger partial charge is 0.492 e. The first-order valence-corrected chi connectivity index (χ1v) is 13.3. The van der Waals surface area contributed by atoms with Crippen molar-refractivity contribution in [1.29, 1.82) is 0 Å². The third-order valence-corrected chi connectivity index (χ3v) is 8.15. The van der Waals surface area contributed by atoms with Gasteiger partial charge in [0.25, 0.3) is 10.0 Å². The molecule has 0 fully saturated rings. The number of anilines is 4. The van der Waals surface area contributed by atoms with Crippen LogP contribution in [0.15, 0.2) is 70.7 Å². The van der Waals surface area contributed by atoms with Crippen LogP contribution in [-0.2, 0) is 29.7 Å². The molecular weight excluding hydrogens is 553 g/mol. The van der Waals surface area contributed by atoms with E-state index in [4.69, 9.17) is 0 Å². The first kappa shape index (κ1) is 28.8. The smallest absolute Gasteiger partial charge is 0.345 e. The number of rotatable bonds is 9. The van der Waals surface area contributed by atoms with Crippen LogP contribution in [0.4, 0.5) is 36.2 Å². The predicted octanol–water partition coefficient (Wildman–Crippen LogP) is 2.86. The summed E-state index contributed by atoms with van der Waals surface area (Å²) in [6.45, 7) is 0. The highest BCUT2D eigenvalue weighted by Gasteiger charge is 2.43. The molecule has 38 heavy (non-hydrogen) atoms. The molecule has 12 nitrogen and oxygen atoms in total. The molecule has 17 heteroatoms. The minimum atomic E-state index is -5.38. The van der Waals surface area contributed by atoms with Crippen LogP contribution in [0.5, 0.6) is 0 Å². The standard InChI is InChI=1S/C21H21F3N6O6S2/c1-29(2)37(32,33)16-8-4-6-14(10-16)27-18-12-19(26-13-25-18)28-15-7-5-9-17(11-15)38(34,35)30(3)36-20(31)21(22,23)24/h4-13H,1-3H3,(H2,25,26,27,28). The van der Waals surface area contributed by atoms with E-state index in [0.29, 0.717) is 12.7 Å². The lowest BCUT2D eigenvalue weighted by Gasteiger charge is -2.17. The van der Waals surface area contributed by atoms with Gasteiger partial charge in [0.05, 0.1) is 9.79 Å². The normalized spacial score (nSPS) is 12.4. The number of nitrogens with one attached hydrogen (secondary N) is 2. The van der Waals surface area contributed by atoms with E-state index in [1.807, 2.05) is 0 Å². The first-order valence-electron chi connectivity index (χ1n) is 10.4. The van der Waals surface area contributed by atoms with Gasteiger partial charge in [-0.1, -0.05) is 12.1 Å². The highest BCUT2D eigenvalue weighted by Crippen LogP contribution is 2.25. The van der Waals surface area contributed by atoms with E-state index in [2.05, 4.69) is 25.4 Å². The molecule has 3 aromatic rings. The molecule has 0 saturated carbocycles. The van der Waals surface area contributed by atoms with E-state index in [0.717, 1.165) is 16.4 Å². The van der Waals surface area contributed by atoms with E-state index in [9.17, 15) is 34.8 Å². The van der Waals surface area contributed by atoms with Gasteiger partial charge >= 0.3 is 12.1 Å². The zero-order valence-corrected chi connectivity index (χ0v) is 21.6. The van der Waals surface area contributed by atoms with Gasteiger partial charge in [-0.3, -0.25) is 0 Å². The number of hydrogen-bond donors (Lipinski definition) is 2. The maximum absolute atomic E-state index is 12.6. The Morgan fingerprint density at radius 3 is 1.74 bits per heavy atom. The summed E-state index contributed by atoms with van der Waals surface area (Å²) >= 11 is 0. The van der Waals surface area contributed by atoms with E-state index in [1.165, 1.54) is 50.8 Å². The summed E-state index contributed by atoms with van der Waals surface area (Å²) in [4.78, 5) is 22.6. The molecule has 204 valence electrons. The minimum absolute atomic E-state index is 0.0591. The number of benzene rings is 2. The molecule has 0 radical (unpaired) electrons. The third-order valence-electron chi connectivity index (χ3n) is 4.74. The number of carbonyl (C=O) groups is 1. The summed E-state index contributed by atoms with van der Waals surface area (Å²) in [5.41, 5.74) is 0.604. The molecular formula is C21H21F3N6O6S2. The molecule has 0 amide bonds. The van der Waals surface area contributed by atoms with Crippen LogP contribution in [-0.4, -0.2) is 68.9 Å². The van der Waals surface area contributed by atoms with E-state index in [1.54, 1.807) is 12.1 Å². The number of carbonyl (C=O) groups excluding carboxylic acids is 1. The number of nitrogens with zero attached hydrogens (tertiary/aromatic N) is 4. The molecule has 2 N–H and O–H groups in total. The molecule has 0 unspecified atom stereocenters. The Morgan fingerprint density at radius 2 is 1.29 bits per heavy atom. The van der Waals surface area contributed by atoms with Gasteiger partial charge in [0.2, 0.25) is 10.0 Å². The van der Waals surface area contributed by atoms with Crippen molar-refractivity contribution in [2.45, 2.75) is 16.0 Å². The van der Waals surface area contributed by atoms with Gasteiger partial charge in [0, 0.05) is 38.6 Å². The Labute approximate surface area is 216 Å². The lowest BCUT2D eigenvalue weighted by atomic mass is 10.3. The summed E-state index contributed by atoms with van der Waals surface area (Å²) in [6, 6.07) is 12.5. The Hall–Kier alpha value is -3.80. The number of hydroxylamine groups is 1. The summed E-state index contributed by atoms with van der Waals surface area (Å²) in [7, 11) is -4.82. The second-order valence-corrected chi connectivity index (χ2v) is 11.8. The molecule has 0 aliphatic heterocycles. The molecule has 2 aromatic carbocycles.